The van der Waals surface area contributed by atoms with Crippen LogP contribution in [0.25, 0.3) is 0 Å². The summed E-state index contributed by atoms with van der Waals surface area (Å²) in [5.41, 5.74) is 2.17. The van der Waals surface area contributed by atoms with Crippen molar-refractivity contribution in [1.29, 1.82) is 0 Å². The van der Waals surface area contributed by atoms with Crippen LogP contribution in [0.15, 0.2) is 18.2 Å². The highest BCUT2D eigenvalue weighted by Gasteiger charge is 2.36. The second kappa shape index (κ2) is 7.31. The number of hydrogen-bond donors (Lipinski definition) is 3. The Morgan fingerprint density at radius 1 is 1.36 bits per heavy atom. The average molecular weight is 347 g/mol. The molecular weight excluding hydrogens is 322 g/mol. The third-order valence-electron chi connectivity index (χ3n) is 4.82. The van der Waals surface area contributed by atoms with E-state index in [1.54, 1.807) is 14.1 Å². The highest BCUT2D eigenvalue weighted by atomic mass is 16.5. The standard InChI is InChI=1S/C18H25N3O4/c1-21(2)18(24)19-10-16(23)20-17(13-8-14(22)9-13)12-3-4-15-11(7-12)5-6-25-15/h3-4,7,13-14,17,22H,5-6,8-10H2,1-2H3,(H,19,24)(H,20,23)/t13?,14?,17-/m0/s1. The normalized spacial score (nSPS) is 22.2. The Morgan fingerprint density at radius 3 is 2.80 bits per heavy atom. The summed E-state index contributed by atoms with van der Waals surface area (Å²) in [6, 6.07) is 5.52. The molecule has 3 N–H and O–H groups in total. The zero-order valence-corrected chi connectivity index (χ0v) is 14.6. The minimum atomic E-state index is -0.305. The Morgan fingerprint density at radius 2 is 2.12 bits per heavy atom. The Balaban J connectivity index is 1.68. The largest absolute Gasteiger partial charge is 0.493 e. The van der Waals surface area contributed by atoms with Crippen molar-refractivity contribution in [1.82, 2.24) is 15.5 Å². The van der Waals surface area contributed by atoms with Crippen molar-refractivity contribution in [2.75, 3.05) is 27.2 Å². The summed E-state index contributed by atoms with van der Waals surface area (Å²) >= 11 is 0. The van der Waals surface area contributed by atoms with Crippen molar-refractivity contribution < 1.29 is 19.4 Å². The first-order valence-electron chi connectivity index (χ1n) is 8.62. The molecule has 1 heterocycles. The predicted octanol–water partition coefficient (Wildman–Crippen LogP) is 0.821. The maximum Gasteiger partial charge on any atom is 0.317 e. The number of benzene rings is 1. The van der Waals surface area contributed by atoms with Gasteiger partial charge in [0.15, 0.2) is 0 Å². The number of carbonyl (C=O) groups excluding carboxylic acids is 2. The summed E-state index contributed by atoms with van der Waals surface area (Å²) < 4.78 is 5.54. The lowest BCUT2D eigenvalue weighted by Crippen LogP contribution is -2.46. The molecule has 1 saturated carbocycles. The third kappa shape index (κ3) is 4.04. The Bertz CT molecular complexity index is 656. The molecule has 0 saturated heterocycles. The summed E-state index contributed by atoms with van der Waals surface area (Å²) in [5, 5.41) is 15.2. The van der Waals surface area contributed by atoms with Gasteiger partial charge >= 0.3 is 6.03 Å². The molecular formula is C18H25N3O4. The SMILES string of the molecule is CN(C)C(=O)NCC(=O)N[C@@H](c1ccc2c(c1)CCO2)C1CC(O)C1. The fraction of sp³-hybridized carbons (Fsp3) is 0.556. The number of nitrogens with one attached hydrogen (secondary N) is 2. The summed E-state index contributed by atoms with van der Waals surface area (Å²) in [5.74, 6) is 0.864. The molecule has 7 nitrogen and oxygen atoms in total. The molecule has 0 unspecified atom stereocenters. The van der Waals surface area contributed by atoms with E-state index in [-0.39, 0.29) is 36.5 Å². The number of aliphatic hydroxyl groups is 1. The molecule has 2 aliphatic rings. The van der Waals surface area contributed by atoms with Gasteiger partial charge in [0.05, 0.1) is 25.3 Å². The van der Waals surface area contributed by atoms with Gasteiger partial charge in [-0.1, -0.05) is 6.07 Å². The molecule has 1 aliphatic carbocycles. The second-order valence-electron chi connectivity index (χ2n) is 6.95. The van der Waals surface area contributed by atoms with Gasteiger partial charge in [0, 0.05) is 20.5 Å². The van der Waals surface area contributed by atoms with E-state index in [2.05, 4.69) is 16.7 Å². The van der Waals surface area contributed by atoms with Gasteiger partial charge in [0.25, 0.3) is 0 Å². The molecule has 1 aromatic carbocycles. The predicted molar refractivity (Wildman–Crippen MR) is 92.3 cm³/mol. The lowest BCUT2D eigenvalue weighted by Gasteiger charge is -2.38. The van der Waals surface area contributed by atoms with E-state index in [4.69, 9.17) is 4.74 Å². The van der Waals surface area contributed by atoms with Crippen LogP contribution < -0.4 is 15.4 Å². The fourth-order valence-corrected chi connectivity index (χ4v) is 3.31. The van der Waals surface area contributed by atoms with E-state index in [1.807, 2.05) is 12.1 Å². The first-order chi connectivity index (χ1) is 11.9. The maximum atomic E-state index is 12.3. The quantitative estimate of drug-likeness (QED) is 0.735. The van der Waals surface area contributed by atoms with Crippen LogP contribution in [0.2, 0.25) is 0 Å². The van der Waals surface area contributed by atoms with Crippen molar-refractivity contribution >= 4 is 11.9 Å². The molecule has 1 aromatic rings. The molecule has 1 aliphatic heterocycles. The van der Waals surface area contributed by atoms with Crippen LogP contribution in [0, 0.1) is 5.92 Å². The Labute approximate surface area is 147 Å². The summed E-state index contributed by atoms with van der Waals surface area (Å²) in [4.78, 5) is 25.2. The van der Waals surface area contributed by atoms with E-state index in [1.165, 1.54) is 4.90 Å². The van der Waals surface area contributed by atoms with E-state index in [9.17, 15) is 14.7 Å². The van der Waals surface area contributed by atoms with Crippen LogP contribution in [-0.2, 0) is 11.2 Å². The van der Waals surface area contributed by atoms with Crippen LogP contribution in [-0.4, -0.2) is 55.3 Å². The Hall–Kier alpha value is -2.28. The average Bonchev–Trinajstić information content (AvgIpc) is 3.02. The summed E-state index contributed by atoms with van der Waals surface area (Å²) in [6.07, 6.45) is 1.91. The molecule has 1 atom stereocenters. The number of hydrogen-bond acceptors (Lipinski definition) is 4. The topological polar surface area (TPSA) is 90.9 Å². The first kappa shape index (κ1) is 17.5. The molecule has 0 radical (unpaired) electrons. The highest BCUT2D eigenvalue weighted by molar-refractivity contribution is 5.84. The molecule has 3 rings (SSSR count). The van der Waals surface area contributed by atoms with Crippen molar-refractivity contribution in [2.24, 2.45) is 5.92 Å². The molecule has 0 spiro atoms. The Kier molecular flexibility index (Phi) is 5.13. The van der Waals surface area contributed by atoms with E-state index < -0.39 is 0 Å². The molecule has 0 aromatic heterocycles. The monoisotopic (exact) mass is 347 g/mol. The van der Waals surface area contributed by atoms with Gasteiger partial charge in [-0.15, -0.1) is 0 Å². The second-order valence-corrected chi connectivity index (χ2v) is 6.95. The molecule has 25 heavy (non-hydrogen) atoms. The minimum Gasteiger partial charge on any atom is -0.493 e. The van der Waals surface area contributed by atoms with Gasteiger partial charge in [-0.05, 0) is 42.0 Å². The lowest BCUT2D eigenvalue weighted by atomic mass is 9.75. The first-order valence-corrected chi connectivity index (χ1v) is 8.62. The molecule has 7 heteroatoms. The fourth-order valence-electron chi connectivity index (χ4n) is 3.31. The zero-order valence-electron chi connectivity index (χ0n) is 14.6. The van der Waals surface area contributed by atoms with Crippen LogP contribution >= 0.6 is 0 Å². The van der Waals surface area contributed by atoms with Gasteiger partial charge in [-0.25, -0.2) is 4.79 Å². The number of ether oxygens (including phenoxy) is 1. The minimum absolute atomic E-state index is 0.0726. The zero-order chi connectivity index (χ0) is 18.0. The van der Waals surface area contributed by atoms with Crippen LogP contribution in [0.4, 0.5) is 4.79 Å². The molecule has 3 amide bonds. The van der Waals surface area contributed by atoms with Crippen molar-refractivity contribution in [2.45, 2.75) is 31.4 Å². The van der Waals surface area contributed by atoms with Crippen LogP contribution in [0.1, 0.15) is 30.0 Å². The van der Waals surface area contributed by atoms with Gasteiger partial charge in [0.2, 0.25) is 5.91 Å². The number of urea groups is 1. The number of rotatable bonds is 5. The highest BCUT2D eigenvalue weighted by Crippen LogP contribution is 2.39. The molecule has 1 fully saturated rings. The smallest absolute Gasteiger partial charge is 0.317 e. The van der Waals surface area contributed by atoms with Crippen molar-refractivity contribution in [3.05, 3.63) is 29.3 Å². The summed E-state index contributed by atoms with van der Waals surface area (Å²) in [6.45, 7) is 0.616. The number of nitrogens with zero attached hydrogens (tertiary/aromatic N) is 1. The van der Waals surface area contributed by atoms with E-state index >= 15 is 0 Å². The molecule has 136 valence electrons. The number of amides is 3. The number of aliphatic hydroxyl groups excluding tert-OH is 1. The van der Waals surface area contributed by atoms with Crippen LogP contribution in [0.3, 0.4) is 0 Å². The van der Waals surface area contributed by atoms with Gasteiger partial charge in [-0.2, -0.15) is 0 Å². The van der Waals surface area contributed by atoms with E-state index in [0.29, 0.717) is 19.4 Å². The van der Waals surface area contributed by atoms with Gasteiger partial charge in [-0.3, -0.25) is 4.79 Å². The molecule has 0 bridgehead atoms. The van der Waals surface area contributed by atoms with Gasteiger partial charge < -0.3 is 25.4 Å². The maximum absolute atomic E-state index is 12.3. The third-order valence-corrected chi connectivity index (χ3v) is 4.82. The van der Waals surface area contributed by atoms with Crippen LogP contribution in [0.5, 0.6) is 5.75 Å². The lowest BCUT2D eigenvalue weighted by molar-refractivity contribution is -0.122. The van der Waals surface area contributed by atoms with Crippen molar-refractivity contribution in [3.8, 4) is 5.75 Å². The van der Waals surface area contributed by atoms with Crippen molar-refractivity contribution in [3.63, 3.8) is 0 Å². The number of carbonyl (C=O) groups is 2. The van der Waals surface area contributed by atoms with Gasteiger partial charge in [0.1, 0.15) is 5.75 Å². The summed E-state index contributed by atoms with van der Waals surface area (Å²) in [7, 11) is 3.25. The van der Waals surface area contributed by atoms with E-state index in [0.717, 1.165) is 23.3 Å². The number of fused-ring (bicyclic) bond motifs is 1.